The highest BCUT2D eigenvalue weighted by Gasteiger charge is 2.17. The van der Waals surface area contributed by atoms with Crippen molar-refractivity contribution in [2.75, 3.05) is 11.9 Å². The fourth-order valence-corrected chi connectivity index (χ4v) is 3.63. The van der Waals surface area contributed by atoms with E-state index in [9.17, 15) is 0 Å². The number of benzene rings is 1. The molecule has 2 aliphatic rings. The maximum atomic E-state index is 3.64. The first-order chi connectivity index (χ1) is 8.93. The van der Waals surface area contributed by atoms with Gasteiger partial charge in [0.1, 0.15) is 0 Å². The number of para-hydroxylation sites is 1. The van der Waals surface area contributed by atoms with Crippen molar-refractivity contribution in [2.45, 2.75) is 57.8 Å². The molecule has 0 spiro atoms. The monoisotopic (exact) mass is 243 g/mol. The first-order valence-corrected chi connectivity index (χ1v) is 7.78. The van der Waals surface area contributed by atoms with Gasteiger partial charge in [0.25, 0.3) is 0 Å². The third-order valence-electron chi connectivity index (χ3n) is 4.65. The van der Waals surface area contributed by atoms with Crippen LogP contribution < -0.4 is 5.32 Å². The lowest BCUT2D eigenvalue weighted by molar-refractivity contribution is 0.458. The number of hydrogen-bond acceptors (Lipinski definition) is 1. The minimum absolute atomic E-state index is 0.933. The minimum atomic E-state index is 0.933. The van der Waals surface area contributed by atoms with Crippen molar-refractivity contribution in [1.29, 1.82) is 0 Å². The van der Waals surface area contributed by atoms with E-state index < -0.39 is 0 Å². The molecular weight excluding hydrogens is 218 g/mol. The van der Waals surface area contributed by atoms with E-state index in [0.717, 1.165) is 12.5 Å². The molecule has 0 radical (unpaired) electrons. The number of anilines is 1. The zero-order valence-corrected chi connectivity index (χ0v) is 11.4. The summed E-state index contributed by atoms with van der Waals surface area (Å²) in [6.07, 6.45) is 12.6. The van der Waals surface area contributed by atoms with Gasteiger partial charge in [-0.3, -0.25) is 0 Å². The highest BCUT2D eigenvalue weighted by atomic mass is 14.9. The molecular formula is C17H25N. The van der Waals surface area contributed by atoms with Gasteiger partial charge in [0.2, 0.25) is 0 Å². The topological polar surface area (TPSA) is 12.0 Å². The van der Waals surface area contributed by atoms with Crippen molar-refractivity contribution >= 4 is 5.69 Å². The average molecular weight is 243 g/mol. The summed E-state index contributed by atoms with van der Waals surface area (Å²) in [5.41, 5.74) is 4.61. The van der Waals surface area contributed by atoms with E-state index in [0.29, 0.717) is 0 Å². The Hall–Kier alpha value is -0.980. The van der Waals surface area contributed by atoms with Crippen LogP contribution >= 0.6 is 0 Å². The van der Waals surface area contributed by atoms with Gasteiger partial charge in [-0.25, -0.2) is 0 Å². The second-order valence-corrected chi connectivity index (χ2v) is 6.04. The average Bonchev–Trinajstić information content (AvgIpc) is 2.68. The van der Waals surface area contributed by atoms with Crippen LogP contribution in [0.5, 0.6) is 0 Å². The second-order valence-electron chi connectivity index (χ2n) is 6.04. The number of fused-ring (bicyclic) bond motifs is 1. The first-order valence-electron chi connectivity index (χ1n) is 7.78. The highest BCUT2D eigenvalue weighted by molar-refractivity contribution is 5.59. The zero-order chi connectivity index (χ0) is 12.2. The summed E-state index contributed by atoms with van der Waals surface area (Å²) in [6.45, 7) is 1.16. The minimum Gasteiger partial charge on any atom is -0.385 e. The van der Waals surface area contributed by atoms with Crippen LogP contribution in [-0.2, 0) is 12.8 Å². The molecule has 0 saturated heterocycles. The van der Waals surface area contributed by atoms with Gasteiger partial charge < -0.3 is 5.32 Å². The summed E-state index contributed by atoms with van der Waals surface area (Å²) in [6, 6.07) is 6.91. The van der Waals surface area contributed by atoms with Crippen molar-refractivity contribution in [1.82, 2.24) is 0 Å². The molecule has 1 aliphatic carbocycles. The Morgan fingerprint density at radius 1 is 1.00 bits per heavy atom. The molecule has 1 saturated carbocycles. The van der Waals surface area contributed by atoms with Crippen molar-refractivity contribution in [3.63, 3.8) is 0 Å². The predicted molar refractivity (Wildman–Crippen MR) is 78.1 cm³/mol. The summed E-state index contributed by atoms with van der Waals surface area (Å²) in [4.78, 5) is 0. The third kappa shape index (κ3) is 2.71. The van der Waals surface area contributed by atoms with Crippen LogP contribution in [0.25, 0.3) is 0 Å². The molecule has 0 unspecified atom stereocenters. The van der Waals surface area contributed by atoms with Crippen molar-refractivity contribution < 1.29 is 0 Å². The molecule has 1 heterocycles. The van der Waals surface area contributed by atoms with E-state index in [1.807, 2.05) is 0 Å². The zero-order valence-electron chi connectivity index (χ0n) is 11.4. The lowest BCUT2D eigenvalue weighted by Crippen LogP contribution is -2.15. The van der Waals surface area contributed by atoms with Crippen LogP contribution in [0, 0.1) is 5.92 Å². The van der Waals surface area contributed by atoms with E-state index in [1.165, 1.54) is 63.5 Å². The smallest absolute Gasteiger partial charge is 0.0405 e. The molecule has 18 heavy (non-hydrogen) atoms. The Labute approximate surface area is 111 Å². The molecule has 1 aromatic carbocycles. The van der Waals surface area contributed by atoms with Gasteiger partial charge in [-0.05, 0) is 36.3 Å². The second kappa shape index (κ2) is 5.77. The Bertz CT molecular complexity index is 389. The van der Waals surface area contributed by atoms with Crippen molar-refractivity contribution in [3.05, 3.63) is 29.3 Å². The van der Waals surface area contributed by atoms with E-state index in [1.54, 1.807) is 11.1 Å². The normalized spacial score (nSPS) is 20.9. The molecule has 1 heteroatoms. The third-order valence-corrected chi connectivity index (χ3v) is 4.65. The van der Waals surface area contributed by atoms with Crippen LogP contribution in [0.2, 0.25) is 0 Å². The Balaban J connectivity index is 1.75. The molecule has 1 N–H and O–H groups in total. The van der Waals surface area contributed by atoms with Crippen LogP contribution in [0.15, 0.2) is 18.2 Å². The lowest BCUT2D eigenvalue weighted by atomic mass is 9.89. The van der Waals surface area contributed by atoms with E-state index in [4.69, 9.17) is 0 Å². The molecule has 1 aromatic rings. The SMILES string of the molecule is c1cc2c(c(CC3CCCCCC3)c1)NCCC2. The van der Waals surface area contributed by atoms with Crippen molar-refractivity contribution in [2.24, 2.45) is 5.92 Å². The largest absolute Gasteiger partial charge is 0.385 e. The summed E-state index contributed by atoms with van der Waals surface area (Å²) in [5.74, 6) is 0.933. The van der Waals surface area contributed by atoms with Gasteiger partial charge in [-0.15, -0.1) is 0 Å². The molecule has 1 fully saturated rings. The number of hydrogen-bond donors (Lipinski definition) is 1. The van der Waals surface area contributed by atoms with E-state index >= 15 is 0 Å². The molecule has 98 valence electrons. The summed E-state index contributed by atoms with van der Waals surface area (Å²) in [7, 11) is 0. The predicted octanol–water partition coefficient (Wildman–Crippen LogP) is 4.56. The van der Waals surface area contributed by atoms with Gasteiger partial charge in [0.05, 0.1) is 0 Å². The molecule has 1 aliphatic heterocycles. The molecule has 0 bridgehead atoms. The molecule has 0 aromatic heterocycles. The number of rotatable bonds is 2. The standard InChI is InChI=1S/C17H25N/c1-2-4-8-14(7-3-1)13-16-10-5-9-15-11-6-12-18-17(15)16/h5,9-10,14,18H,1-4,6-8,11-13H2. The first kappa shape index (κ1) is 12.1. The molecule has 1 nitrogen and oxygen atoms in total. The fraction of sp³-hybridized carbons (Fsp3) is 0.647. The Morgan fingerprint density at radius 3 is 2.67 bits per heavy atom. The molecule has 0 amide bonds. The maximum absolute atomic E-state index is 3.64. The van der Waals surface area contributed by atoms with Gasteiger partial charge in [-0.1, -0.05) is 56.7 Å². The number of aryl methyl sites for hydroxylation is 1. The van der Waals surface area contributed by atoms with Gasteiger partial charge in [0.15, 0.2) is 0 Å². The van der Waals surface area contributed by atoms with Crippen LogP contribution in [0.4, 0.5) is 5.69 Å². The molecule has 0 atom stereocenters. The van der Waals surface area contributed by atoms with Gasteiger partial charge >= 0.3 is 0 Å². The van der Waals surface area contributed by atoms with E-state index in [2.05, 4.69) is 23.5 Å². The van der Waals surface area contributed by atoms with Gasteiger partial charge in [0, 0.05) is 12.2 Å². The summed E-state index contributed by atoms with van der Waals surface area (Å²) >= 11 is 0. The van der Waals surface area contributed by atoms with Crippen LogP contribution in [0.1, 0.15) is 56.1 Å². The highest BCUT2D eigenvalue weighted by Crippen LogP contribution is 2.31. The maximum Gasteiger partial charge on any atom is 0.0405 e. The fourth-order valence-electron chi connectivity index (χ4n) is 3.63. The van der Waals surface area contributed by atoms with Crippen LogP contribution in [-0.4, -0.2) is 6.54 Å². The van der Waals surface area contributed by atoms with Crippen molar-refractivity contribution in [3.8, 4) is 0 Å². The quantitative estimate of drug-likeness (QED) is 0.751. The van der Waals surface area contributed by atoms with Crippen LogP contribution in [0.3, 0.4) is 0 Å². The lowest BCUT2D eigenvalue weighted by Gasteiger charge is -2.23. The summed E-state index contributed by atoms with van der Waals surface area (Å²) in [5, 5.41) is 3.64. The van der Waals surface area contributed by atoms with E-state index in [-0.39, 0.29) is 0 Å². The number of nitrogens with one attached hydrogen (secondary N) is 1. The Kier molecular flexibility index (Phi) is 3.87. The Morgan fingerprint density at radius 2 is 1.83 bits per heavy atom. The summed E-state index contributed by atoms with van der Waals surface area (Å²) < 4.78 is 0. The van der Waals surface area contributed by atoms with Gasteiger partial charge in [-0.2, -0.15) is 0 Å². The molecule has 3 rings (SSSR count).